The molecular formula is C18H18N4O2S. The minimum absolute atomic E-state index is 0.129. The van der Waals surface area contributed by atoms with Gasteiger partial charge in [-0.3, -0.25) is 14.3 Å². The SMILES string of the molecule is CN1CCc2c([nH]c3ccccc23)[C@H]1c1c(O)nc2n(c1=O)CCS2. The second kappa shape index (κ2) is 5.37. The Morgan fingerprint density at radius 2 is 2.16 bits per heavy atom. The van der Waals surface area contributed by atoms with Crippen LogP contribution in [0.5, 0.6) is 5.88 Å². The van der Waals surface area contributed by atoms with Gasteiger partial charge in [0.25, 0.3) is 5.56 Å². The molecule has 0 fully saturated rings. The summed E-state index contributed by atoms with van der Waals surface area (Å²) in [5.74, 6) is 0.678. The quantitative estimate of drug-likeness (QED) is 0.655. The van der Waals surface area contributed by atoms with Gasteiger partial charge in [0, 0.05) is 35.4 Å². The predicted octanol–water partition coefficient (Wildman–Crippen LogP) is 2.11. The predicted molar refractivity (Wildman–Crippen MR) is 97.4 cm³/mol. The van der Waals surface area contributed by atoms with Crippen LogP contribution in [0.1, 0.15) is 22.9 Å². The number of hydrogen-bond acceptors (Lipinski definition) is 5. The van der Waals surface area contributed by atoms with Gasteiger partial charge in [0.05, 0.1) is 6.04 Å². The number of likely N-dealkylation sites (N-methyl/N-ethyl adjacent to an activating group) is 1. The molecule has 7 heteroatoms. The van der Waals surface area contributed by atoms with Crippen LogP contribution in [0, 0.1) is 0 Å². The summed E-state index contributed by atoms with van der Waals surface area (Å²) < 4.78 is 1.69. The van der Waals surface area contributed by atoms with E-state index < -0.39 is 0 Å². The van der Waals surface area contributed by atoms with Gasteiger partial charge < -0.3 is 10.1 Å². The van der Waals surface area contributed by atoms with E-state index in [-0.39, 0.29) is 17.5 Å². The summed E-state index contributed by atoms with van der Waals surface area (Å²) in [6.45, 7) is 1.48. The Bertz CT molecular complexity index is 1060. The van der Waals surface area contributed by atoms with Gasteiger partial charge in [0.2, 0.25) is 5.88 Å². The van der Waals surface area contributed by atoms with Gasteiger partial charge in [-0.1, -0.05) is 30.0 Å². The molecule has 4 heterocycles. The Morgan fingerprint density at radius 3 is 3.04 bits per heavy atom. The van der Waals surface area contributed by atoms with E-state index in [0.717, 1.165) is 29.9 Å². The lowest BCUT2D eigenvalue weighted by Crippen LogP contribution is -2.37. The molecule has 0 spiro atoms. The van der Waals surface area contributed by atoms with E-state index >= 15 is 0 Å². The highest BCUT2D eigenvalue weighted by Gasteiger charge is 2.35. The largest absolute Gasteiger partial charge is 0.493 e. The van der Waals surface area contributed by atoms with Crippen LogP contribution in [-0.4, -0.2) is 43.9 Å². The summed E-state index contributed by atoms with van der Waals surface area (Å²) in [6, 6.07) is 7.89. The van der Waals surface area contributed by atoms with Gasteiger partial charge in [-0.05, 0) is 25.1 Å². The molecular weight excluding hydrogens is 336 g/mol. The molecule has 5 rings (SSSR count). The van der Waals surface area contributed by atoms with E-state index in [9.17, 15) is 9.90 Å². The first-order valence-electron chi connectivity index (χ1n) is 8.41. The molecule has 0 aliphatic carbocycles. The fourth-order valence-electron chi connectivity index (χ4n) is 4.04. The number of hydrogen-bond donors (Lipinski definition) is 2. The third-order valence-corrected chi connectivity index (χ3v) is 6.20. The number of aromatic hydroxyl groups is 1. The van der Waals surface area contributed by atoms with Crippen LogP contribution < -0.4 is 5.56 Å². The number of aromatic nitrogens is 3. The average Bonchev–Trinajstić information content (AvgIpc) is 3.20. The summed E-state index contributed by atoms with van der Waals surface area (Å²) in [4.78, 5) is 23.0. The first-order chi connectivity index (χ1) is 12.1. The Hall–Kier alpha value is -2.25. The number of fused-ring (bicyclic) bond motifs is 4. The average molecular weight is 354 g/mol. The van der Waals surface area contributed by atoms with Gasteiger partial charge in [0.15, 0.2) is 5.16 Å². The molecule has 0 bridgehead atoms. The maximum atomic E-state index is 13.1. The van der Waals surface area contributed by atoms with E-state index in [1.165, 1.54) is 22.7 Å². The van der Waals surface area contributed by atoms with Crippen molar-refractivity contribution < 1.29 is 5.11 Å². The Kier molecular flexibility index (Phi) is 3.23. The van der Waals surface area contributed by atoms with Gasteiger partial charge in [-0.15, -0.1) is 0 Å². The van der Waals surface area contributed by atoms with Crippen LogP contribution in [0.4, 0.5) is 0 Å². The summed E-state index contributed by atoms with van der Waals surface area (Å²) in [5.41, 5.74) is 3.54. The van der Waals surface area contributed by atoms with Crippen LogP contribution in [0.2, 0.25) is 0 Å². The van der Waals surface area contributed by atoms with Crippen LogP contribution in [-0.2, 0) is 13.0 Å². The highest BCUT2D eigenvalue weighted by Crippen LogP contribution is 2.39. The lowest BCUT2D eigenvalue weighted by atomic mass is 9.94. The number of aromatic amines is 1. The number of benzene rings is 1. The molecule has 3 aromatic rings. The van der Waals surface area contributed by atoms with Crippen LogP contribution >= 0.6 is 11.8 Å². The number of rotatable bonds is 1. The summed E-state index contributed by atoms with van der Waals surface area (Å²) >= 11 is 1.51. The van der Waals surface area contributed by atoms with E-state index in [2.05, 4.69) is 27.0 Å². The zero-order chi connectivity index (χ0) is 17.1. The molecule has 1 aromatic carbocycles. The molecule has 2 aliphatic rings. The summed E-state index contributed by atoms with van der Waals surface area (Å²) in [7, 11) is 1.99. The molecule has 0 saturated carbocycles. The van der Waals surface area contributed by atoms with Crippen molar-refractivity contribution in [3.63, 3.8) is 0 Å². The number of nitrogens with zero attached hydrogens (tertiary/aromatic N) is 3. The molecule has 6 nitrogen and oxygen atoms in total. The van der Waals surface area contributed by atoms with Crippen molar-refractivity contribution in [1.82, 2.24) is 19.4 Å². The molecule has 128 valence electrons. The Balaban J connectivity index is 1.77. The van der Waals surface area contributed by atoms with Crippen LogP contribution in [0.25, 0.3) is 10.9 Å². The van der Waals surface area contributed by atoms with Crippen LogP contribution in [0.15, 0.2) is 34.2 Å². The zero-order valence-corrected chi connectivity index (χ0v) is 14.6. The van der Waals surface area contributed by atoms with Crippen molar-refractivity contribution in [3.05, 3.63) is 51.4 Å². The standard InChI is InChI=1S/C18H18N4O2S/c1-21-7-6-11-10-4-2-3-5-12(10)19-14(11)15(21)13-16(23)20-18-22(17(13)24)8-9-25-18/h2-5,15,19,23H,6-9H2,1H3/t15-/m1/s1. The Labute approximate surface area is 148 Å². The topological polar surface area (TPSA) is 74.2 Å². The summed E-state index contributed by atoms with van der Waals surface area (Å²) in [6.07, 6.45) is 0.919. The number of thioether (sulfide) groups is 1. The molecule has 0 radical (unpaired) electrons. The number of H-pyrrole nitrogens is 1. The summed E-state index contributed by atoms with van der Waals surface area (Å²) in [5, 5.41) is 12.4. The van der Waals surface area contributed by atoms with Gasteiger partial charge in [0.1, 0.15) is 5.56 Å². The zero-order valence-electron chi connectivity index (χ0n) is 13.8. The van der Waals surface area contributed by atoms with E-state index in [4.69, 9.17) is 0 Å². The molecule has 2 aromatic heterocycles. The molecule has 0 saturated heterocycles. The second-order valence-corrected chi connectivity index (χ2v) is 7.69. The molecule has 25 heavy (non-hydrogen) atoms. The lowest BCUT2D eigenvalue weighted by Gasteiger charge is -2.32. The maximum Gasteiger partial charge on any atom is 0.263 e. The van der Waals surface area contributed by atoms with Crippen molar-refractivity contribution in [3.8, 4) is 5.88 Å². The first-order valence-corrected chi connectivity index (χ1v) is 9.40. The smallest absolute Gasteiger partial charge is 0.263 e. The molecule has 2 aliphatic heterocycles. The number of nitrogens with one attached hydrogen (secondary N) is 1. The molecule has 0 amide bonds. The van der Waals surface area contributed by atoms with Gasteiger partial charge >= 0.3 is 0 Å². The molecule has 1 atom stereocenters. The monoisotopic (exact) mass is 354 g/mol. The fraction of sp³-hybridized carbons (Fsp3) is 0.333. The molecule has 0 unspecified atom stereocenters. The van der Waals surface area contributed by atoms with Crippen molar-refractivity contribution in [1.29, 1.82) is 0 Å². The van der Waals surface area contributed by atoms with Crippen molar-refractivity contribution in [2.45, 2.75) is 24.2 Å². The van der Waals surface area contributed by atoms with E-state index in [0.29, 0.717) is 17.3 Å². The fourth-order valence-corrected chi connectivity index (χ4v) is 4.98. The minimum atomic E-state index is -0.306. The minimum Gasteiger partial charge on any atom is -0.493 e. The van der Waals surface area contributed by atoms with Gasteiger partial charge in [-0.25, -0.2) is 0 Å². The lowest BCUT2D eigenvalue weighted by molar-refractivity contribution is 0.251. The Morgan fingerprint density at radius 1 is 1.32 bits per heavy atom. The normalized spacial score (nSPS) is 20.0. The second-order valence-electron chi connectivity index (χ2n) is 6.63. The third-order valence-electron chi connectivity index (χ3n) is 5.24. The third kappa shape index (κ3) is 2.09. The van der Waals surface area contributed by atoms with Gasteiger partial charge in [-0.2, -0.15) is 4.98 Å². The maximum absolute atomic E-state index is 13.1. The van der Waals surface area contributed by atoms with Crippen molar-refractivity contribution >= 4 is 22.7 Å². The highest BCUT2D eigenvalue weighted by molar-refractivity contribution is 7.99. The highest BCUT2D eigenvalue weighted by atomic mass is 32.2. The van der Waals surface area contributed by atoms with E-state index in [1.807, 2.05) is 19.2 Å². The van der Waals surface area contributed by atoms with Crippen molar-refractivity contribution in [2.24, 2.45) is 0 Å². The molecule has 2 N–H and O–H groups in total. The first kappa shape index (κ1) is 15.0. The van der Waals surface area contributed by atoms with Crippen molar-refractivity contribution in [2.75, 3.05) is 19.3 Å². The van der Waals surface area contributed by atoms with Crippen LogP contribution in [0.3, 0.4) is 0 Å². The number of para-hydroxylation sites is 1. The van der Waals surface area contributed by atoms with E-state index in [1.54, 1.807) is 4.57 Å².